The third-order valence-electron chi connectivity index (χ3n) is 3.74. The number of nitrogens with two attached hydrogens (primary N) is 1. The van der Waals surface area contributed by atoms with Crippen LogP contribution in [0.4, 0.5) is 10.5 Å². The molecule has 0 aliphatic heterocycles. The molecule has 0 saturated carbocycles. The van der Waals surface area contributed by atoms with Crippen molar-refractivity contribution in [1.82, 2.24) is 4.90 Å². The van der Waals surface area contributed by atoms with Crippen LogP contribution in [0.25, 0.3) is 0 Å². The second kappa shape index (κ2) is 7.34. The van der Waals surface area contributed by atoms with Gasteiger partial charge in [-0.1, -0.05) is 6.07 Å². The Kier molecular flexibility index (Phi) is 5.41. The lowest BCUT2D eigenvalue weighted by Crippen LogP contribution is -2.44. The molecule has 0 saturated heterocycles. The monoisotopic (exact) mass is 344 g/mol. The summed E-state index contributed by atoms with van der Waals surface area (Å²) in [5.41, 5.74) is 5.91. The number of carbonyl (C=O) groups excluding carboxylic acids is 1. The quantitative estimate of drug-likeness (QED) is 0.837. The molecule has 0 atom stereocenters. The normalized spacial score (nSPS) is 10.9. The Morgan fingerprint density at radius 3 is 2.32 bits per heavy atom. The molecule has 2 rings (SSSR count). The van der Waals surface area contributed by atoms with E-state index in [0.29, 0.717) is 22.9 Å². The van der Waals surface area contributed by atoms with E-state index in [-0.39, 0.29) is 11.3 Å². The zero-order chi connectivity index (χ0) is 18.6. The predicted octanol–water partition coefficient (Wildman–Crippen LogP) is 4.30. The standard InChI is InChI=1S/C19H24N2O4/c1-19(2,3)21(4)18(22)25-17-12-15(9-10-16(17)20)24-14-8-6-7-13(11-14)23-5/h6-12H,20H2,1-5H3. The molecule has 0 aliphatic rings. The summed E-state index contributed by atoms with van der Waals surface area (Å²) >= 11 is 0. The number of nitrogens with zero attached hydrogens (tertiary/aromatic N) is 1. The van der Waals surface area contributed by atoms with E-state index in [4.69, 9.17) is 19.9 Å². The third kappa shape index (κ3) is 4.79. The number of anilines is 1. The van der Waals surface area contributed by atoms with Crippen LogP contribution in [-0.4, -0.2) is 30.7 Å². The van der Waals surface area contributed by atoms with Crippen molar-refractivity contribution in [3.05, 3.63) is 42.5 Å². The molecule has 2 N–H and O–H groups in total. The van der Waals surface area contributed by atoms with E-state index in [0.717, 1.165) is 0 Å². The number of nitrogen functional groups attached to an aromatic ring is 1. The summed E-state index contributed by atoms with van der Waals surface area (Å²) in [4.78, 5) is 13.8. The highest BCUT2D eigenvalue weighted by molar-refractivity contribution is 5.74. The van der Waals surface area contributed by atoms with Gasteiger partial charge in [-0.15, -0.1) is 0 Å². The van der Waals surface area contributed by atoms with Gasteiger partial charge in [-0.05, 0) is 45.0 Å². The molecule has 0 bridgehead atoms. The van der Waals surface area contributed by atoms with Crippen molar-refractivity contribution in [2.45, 2.75) is 26.3 Å². The van der Waals surface area contributed by atoms with Crippen LogP contribution < -0.4 is 19.9 Å². The zero-order valence-corrected chi connectivity index (χ0v) is 15.2. The summed E-state index contributed by atoms with van der Waals surface area (Å²) in [7, 11) is 3.26. The highest BCUT2D eigenvalue weighted by Gasteiger charge is 2.24. The Morgan fingerprint density at radius 2 is 1.68 bits per heavy atom. The molecular weight excluding hydrogens is 320 g/mol. The topological polar surface area (TPSA) is 74.0 Å². The first-order chi connectivity index (χ1) is 11.7. The second-order valence-corrected chi connectivity index (χ2v) is 6.58. The van der Waals surface area contributed by atoms with E-state index >= 15 is 0 Å². The molecule has 0 unspecified atom stereocenters. The van der Waals surface area contributed by atoms with Crippen molar-refractivity contribution < 1.29 is 19.0 Å². The van der Waals surface area contributed by atoms with Crippen molar-refractivity contribution in [2.24, 2.45) is 0 Å². The number of benzene rings is 2. The largest absolute Gasteiger partial charge is 0.497 e. The maximum atomic E-state index is 12.3. The molecule has 25 heavy (non-hydrogen) atoms. The van der Waals surface area contributed by atoms with Crippen LogP contribution in [0.5, 0.6) is 23.0 Å². The Balaban J connectivity index is 2.18. The van der Waals surface area contributed by atoms with Gasteiger partial charge in [0.25, 0.3) is 0 Å². The molecular formula is C19H24N2O4. The van der Waals surface area contributed by atoms with Crippen molar-refractivity contribution in [3.63, 3.8) is 0 Å². The first-order valence-corrected chi connectivity index (χ1v) is 7.88. The lowest BCUT2D eigenvalue weighted by atomic mass is 10.1. The lowest BCUT2D eigenvalue weighted by molar-refractivity contribution is 0.124. The van der Waals surface area contributed by atoms with Gasteiger partial charge in [0, 0.05) is 24.7 Å². The molecule has 2 aromatic rings. The van der Waals surface area contributed by atoms with Crippen LogP contribution in [0.3, 0.4) is 0 Å². The fraction of sp³-hybridized carbons (Fsp3) is 0.316. The summed E-state index contributed by atoms with van der Waals surface area (Å²) in [5.74, 6) is 2.05. The van der Waals surface area contributed by atoms with Gasteiger partial charge in [0.2, 0.25) is 0 Å². The summed E-state index contributed by atoms with van der Waals surface area (Å²) in [5, 5.41) is 0. The van der Waals surface area contributed by atoms with Crippen molar-refractivity contribution >= 4 is 11.8 Å². The Hall–Kier alpha value is -2.89. The number of hydrogen-bond donors (Lipinski definition) is 1. The van der Waals surface area contributed by atoms with E-state index in [1.165, 1.54) is 4.90 Å². The van der Waals surface area contributed by atoms with Gasteiger partial charge in [-0.25, -0.2) is 4.79 Å². The van der Waals surface area contributed by atoms with Crippen molar-refractivity contribution in [3.8, 4) is 23.0 Å². The van der Waals surface area contributed by atoms with Gasteiger partial charge in [-0.3, -0.25) is 0 Å². The SMILES string of the molecule is COc1cccc(Oc2ccc(N)c(OC(=O)N(C)C(C)(C)C)c2)c1. The number of methoxy groups -OCH3 is 1. The van der Waals surface area contributed by atoms with Crippen molar-refractivity contribution in [2.75, 3.05) is 19.9 Å². The summed E-state index contributed by atoms with van der Waals surface area (Å²) < 4.78 is 16.4. The van der Waals surface area contributed by atoms with E-state index in [1.807, 2.05) is 32.9 Å². The highest BCUT2D eigenvalue weighted by Crippen LogP contribution is 2.31. The molecule has 0 fully saturated rings. The summed E-state index contributed by atoms with van der Waals surface area (Å²) in [6.45, 7) is 5.75. The third-order valence-corrected chi connectivity index (χ3v) is 3.74. The zero-order valence-electron chi connectivity index (χ0n) is 15.2. The number of amides is 1. The molecule has 6 nitrogen and oxygen atoms in total. The van der Waals surface area contributed by atoms with Gasteiger partial charge in [-0.2, -0.15) is 0 Å². The number of ether oxygens (including phenoxy) is 3. The first-order valence-electron chi connectivity index (χ1n) is 7.88. The maximum Gasteiger partial charge on any atom is 0.415 e. The van der Waals surface area contributed by atoms with Gasteiger partial charge < -0.3 is 24.8 Å². The van der Waals surface area contributed by atoms with Crippen LogP contribution in [-0.2, 0) is 0 Å². The minimum absolute atomic E-state index is 0.251. The van der Waals surface area contributed by atoms with E-state index in [2.05, 4.69) is 0 Å². The molecule has 0 aromatic heterocycles. The summed E-state index contributed by atoms with van der Waals surface area (Å²) in [6, 6.07) is 12.1. The Bertz CT molecular complexity index is 753. The lowest BCUT2D eigenvalue weighted by Gasteiger charge is -2.30. The molecule has 2 aromatic carbocycles. The first kappa shape index (κ1) is 18.4. The van der Waals surface area contributed by atoms with Crippen LogP contribution in [0.15, 0.2) is 42.5 Å². The second-order valence-electron chi connectivity index (χ2n) is 6.58. The Labute approximate surface area is 148 Å². The van der Waals surface area contributed by atoms with Crippen LogP contribution >= 0.6 is 0 Å². The van der Waals surface area contributed by atoms with Crippen molar-refractivity contribution in [1.29, 1.82) is 0 Å². The number of carbonyl (C=O) groups is 1. The van der Waals surface area contributed by atoms with E-state index in [9.17, 15) is 4.79 Å². The average molecular weight is 344 g/mol. The molecule has 0 aliphatic carbocycles. The smallest absolute Gasteiger partial charge is 0.415 e. The molecule has 0 heterocycles. The fourth-order valence-corrected chi connectivity index (χ4v) is 1.90. The van der Waals surface area contributed by atoms with E-state index in [1.54, 1.807) is 44.5 Å². The molecule has 0 radical (unpaired) electrons. The molecule has 1 amide bonds. The Morgan fingerprint density at radius 1 is 1.04 bits per heavy atom. The molecule has 0 spiro atoms. The van der Waals surface area contributed by atoms with Gasteiger partial charge in [0.15, 0.2) is 5.75 Å². The number of rotatable bonds is 4. The highest BCUT2D eigenvalue weighted by atomic mass is 16.6. The summed E-state index contributed by atoms with van der Waals surface area (Å²) in [6.07, 6.45) is -0.488. The number of hydrogen-bond acceptors (Lipinski definition) is 5. The minimum atomic E-state index is -0.488. The molecule has 6 heteroatoms. The molecule has 134 valence electrons. The van der Waals surface area contributed by atoms with Gasteiger partial charge in [0.1, 0.15) is 17.2 Å². The van der Waals surface area contributed by atoms with Gasteiger partial charge >= 0.3 is 6.09 Å². The maximum absolute atomic E-state index is 12.3. The predicted molar refractivity (Wildman–Crippen MR) is 97.5 cm³/mol. The fourth-order valence-electron chi connectivity index (χ4n) is 1.90. The van der Waals surface area contributed by atoms with Gasteiger partial charge in [0.05, 0.1) is 12.8 Å². The van der Waals surface area contributed by atoms with Crippen LogP contribution in [0.2, 0.25) is 0 Å². The van der Waals surface area contributed by atoms with Crippen LogP contribution in [0.1, 0.15) is 20.8 Å². The van der Waals surface area contributed by atoms with E-state index < -0.39 is 6.09 Å². The minimum Gasteiger partial charge on any atom is -0.497 e. The van der Waals surface area contributed by atoms with Crippen LogP contribution in [0, 0.1) is 0 Å². The average Bonchev–Trinajstić information content (AvgIpc) is 2.56.